The number of hydrogen-bond donors (Lipinski definition) is 3. The van der Waals surface area contributed by atoms with Gasteiger partial charge >= 0.3 is 0 Å². The van der Waals surface area contributed by atoms with E-state index in [4.69, 9.17) is 14.4 Å². The predicted octanol–water partition coefficient (Wildman–Crippen LogP) is 5.47. The molecule has 6 nitrogen and oxygen atoms in total. The summed E-state index contributed by atoms with van der Waals surface area (Å²) < 4.78 is 28.8. The molecule has 1 rings (SSSR count). The van der Waals surface area contributed by atoms with Gasteiger partial charge in [0.25, 0.3) is 10.1 Å². The highest BCUT2D eigenvalue weighted by atomic mass is 32.2. The summed E-state index contributed by atoms with van der Waals surface area (Å²) in [6.07, 6.45) is 12.3. The lowest BCUT2D eigenvalue weighted by Gasteiger charge is -2.05. The first-order valence-corrected chi connectivity index (χ1v) is 12.1. The molecule has 1 aromatic carbocycles. The smallest absolute Gasteiger partial charge is 0.296 e. The van der Waals surface area contributed by atoms with Gasteiger partial charge in [-0.2, -0.15) is 8.42 Å². The van der Waals surface area contributed by atoms with E-state index in [0.717, 1.165) is 12.8 Å². The molecule has 29 heavy (non-hydrogen) atoms. The minimum Gasteiger partial charge on any atom is -0.397 e. The molecule has 0 aromatic heterocycles. The number of benzene rings is 1. The third-order valence-corrected chi connectivity index (χ3v) is 5.09. The second-order valence-corrected chi connectivity index (χ2v) is 8.02. The van der Waals surface area contributed by atoms with Crippen LogP contribution in [0.3, 0.4) is 0 Å². The zero-order valence-corrected chi connectivity index (χ0v) is 19.6. The SMILES string of the molecule is CCCCCCCCCCCCOS(=O)(=O)c1ccccc1.CCO.CCO.N. The van der Waals surface area contributed by atoms with Crippen LogP contribution in [0, 0.1) is 0 Å². The molecule has 5 N–H and O–H groups in total. The molecular formula is C22H45NO5S. The first-order chi connectivity index (χ1) is 13.5. The molecule has 0 radical (unpaired) electrons. The van der Waals surface area contributed by atoms with E-state index in [0.29, 0.717) is 0 Å². The van der Waals surface area contributed by atoms with Gasteiger partial charge in [-0.3, -0.25) is 4.18 Å². The lowest BCUT2D eigenvalue weighted by atomic mass is 10.1. The Balaban J connectivity index is -0.000000857. The summed E-state index contributed by atoms with van der Waals surface area (Å²) in [5, 5.41) is 15.1. The van der Waals surface area contributed by atoms with Crippen molar-refractivity contribution >= 4 is 10.1 Å². The van der Waals surface area contributed by atoms with Gasteiger partial charge in [0.15, 0.2) is 0 Å². The Bertz CT molecular complexity index is 507. The van der Waals surface area contributed by atoms with E-state index in [-0.39, 0.29) is 30.9 Å². The fraction of sp³-hybridized carbons (Fsp3) is 0.727. The monoisotopic (exact) mass is 435 g/mol. The molecule has 0 aliphatic heterocycles. The predicted molar refractivity (Wildman–Crippen MR) is 122 cm³/mol. The second-order valence-electron chi connectivity index (χ2n) is 6.40. The largest absolute Gasteiger partial charge is 0.397 e. The fourth-order valence-corrected chi connectivity index (χ4v) is 3.38. The van der Waals surface area contributed by atoms with Crippen LogP contribution >= 0.6 is 0 Å². The molecule has 0 fully saturated rings. The van der Waals surface area contributed by atoms with Gasteiger partial charge in [-0.25, -0.2) is 0 Å². The van der Waals surface area contributed by atoms with Crippen molar-refractivity contribution in [2.45, 2.75) is 89.9 Å². The minimum atomic E-state index is -3.57. The van der Waals surface area contributed by atoms with E-state index in [9.17, 15) is 8.42 Å². The van der Waals surface area contributed by atoms with Crippen molar-refractivity contribution in [3.8, 4) is 0 Å². The van der Waals surface area contributed by atoms with Crippen molar-refractivity contribution in [2.24, 2.45) is 0 Å². The third-order valence-electron chi connectivity index (χ3n) is 3.77. The van der Waals surface area contributed by atoms with Gasteiger partial charge in [-0.05, 0) is 32.4 Å². The number of unbranched alkanes of at least 4 members (excludes halogenated alkanes) is 9. The van der Waals surface area contributed by atoms with Crippen LogP contribution in [0.25, 0.3) is 0 Å². The zero-order valence-electron chi connectivity index (χ0n) is 18.8. The minimum absolute atomic E-state index is 0. The molecule has 0 unspecified atom stereocenters. The average molecular weight is 436 g/mol. The van der Waals surface area contributed by atoms with Crippen molar-refractivity contribution in [3.05, 3.63) is 30.3 Å². The maximum absolute atomic E-state index is 11.9. The van der Waals surface area contributed by atoms with E-state index in [1.165, 1.54) is 51.4 Å². The van der Waals surface area contributed by atoms with Crippen LogP contribution in [-0.4, -0.2) is 38.5 Å². The van der Waals surface area contributed by atoms with E-state index in [2.05, 4.69) is 6.92 Å². The van der Waals surface area contributed by atoms with Gasteiger partial charge in [-0.1, -0.05) is 82.9 Å². The zero-order chi connectivity index (χ0) is 21.5. The number of aliphatic hydroxyl groups excluding tert-OH is 2. The van der Waals surface area contributed by atoms with Crippen LogP contribution in [-0.2, 0) is 14.3 Å². The molecule has 1 aromatic rings. The van der Waals surface area contributed by atoms with Gasteiger partial charge in [0.2, 0.25) is 0 Å². The maximum atomic E-state index is 11.9. The highest BCUT2D eigenvalue weighted by molar-refractivity contribution is 7.86. The highest BCUT2D eigenvalue weighted by Crippen LogP contribution is 2.13. The standard InChI is InChI=1S/C18H30O3S.2C2H6O.H3N/c1-2-3-4-5-6-7-8-9-10-14-17-21-22(19,20)18-15-12-11-13-16-18;2*1-2-3;/h11-13,15-16H,2-10,14,17H2,1H3;2*3H,2H2,1H3;1H3. The van der Waals surface area contributed by atoms with Crippen LogP contribution in [0.15, 0.2) is 35.2 Å². The molecule has 0 saturated heterocycles. The summed E-state index contributed by atoms with van der Waals surface area (Å²) >= 11 is 0. The van der Waals surface area contributed by atoms with Crippen LogP contribution in [0.2, 0.25) is 0 Å². The second kappa shape index (κ2) is 25.0. The van der Waals surface area contributed by atoms with Gasteiger partial charge < -0.3 is 16.4 Å². The van der Waals surface area contributed by atoms with Gasteiger partial charge in [0.05, 0.1) is 11.5 Å². The Morgan fingerprint density at radius 1 is 0.724 bits per heavy atom. The number of rotatable bonds is 13. The fourth-order valence-electron chi connectivity index (χ4n) is 2.41. The van der Waals surface area contributed by atoms with Crippen LogP contribution in [0.4, 0.5) is 0 Å². The van der Waals surface area contributed by atoms with Gasteiger partial charge in [-0.15, -0.1) is 0 Å². The highest BCUT2D eigenvalue weighted by Gasteiger charge is 2.13. The van der Waals surface area contributed by atoms with E-state index < -0.39 is 10.1 Å². The van der Waals surface area contributed by atoms with E-state index in [1.54, 1.807) is 44.2 Å². The van der Waals surface area contributed by atoms with E-state index in [1.807, 2.05) is 0 Å². The summed E-state index contributed by atoms with van der Waals surface area (Å²) in [7, 11) is -3.57. The Kier molecular flexibility index (Phi) is 28.2. The van der Waals surface area contributed by atoms with Crippen molar-refractivity contribution in [1.82, 2.24) is 6.15 Å². The Morgan fingerprint density at radius 2 is 1.10 bits per heavy atom. The molecule has 0 amide bonds. The lowest BCUT2D eigenvalue weighted by Crippen LogP contribution is -2.07. The first-order valence-electron chi connectivity index (χ1n) is 10.7. The summed E-state index contributed by atoms with van der Waals surface area (Å²) in [6.45, 7) is 6.38. The van der Waals surface area contributed by atoms with Crippen LogP contribution < -0.4 is 6.15 Å². The topological polar surface area (TPSA) is 119 Å². The van der Waals surface area contributed by atoms with Crippen molar-refractivity contribution in [3.63, 3.8) is 0 Å². The number of aliphatic hydroxyl groups is 2. The summed E-state index contributed by atoms with van der Waals surface area (Å²) in [4.78, 5) is 0.238. The molecular weight excluding hydrogens is 390 g/mol. The van der Waals surface area contributed by atoms with Gasteiger partial charge in [0, 0.05) is 13.2 Å². The molecule has 0 aliphatic rings. The number of hydrogen-bond acceptors (Lipinski definition) is 6. The first kappa shape index (κ1) is 32.7. The van der Waals surface area contributed by atoms with Crippen molar-refractivity contribution in [1.29, 1.82) is 0 Å². The third kappa shape index (κ3) is 23.2. The molecule has 0 aliphatic carbocycles. The van der Waals surface area contributed by atoms with Gasteiger partial charge in [0.1, 0.15) is 0 Å². The Labute approximate surface area is 179 Å². The summed E-state index contributed by atoms with van der Waals surface area (Å²) in [5.74, 6) is 0. The molecule has 0 heterocycles. The molecule has 7 heteroatoms. The molecule has 0 saturated carbocycles. The van der Waals surface area contributed by atoms with Crippen molar-refractivity contribution < 1.29 is 22.8 Å². The van der Waals surface area contributed by atoms with Crippen LogP contribution in [0.5, 0.6) is 0 Å². The van der Waals surface area contributed by atoms with E-state index >= 15 is 0 Å². The molecule has 0 bridgehead atoms. The quantitative estimate of drug-likeness (QED) is 0.279. The Hall–Kier alpha value is -0.990. The van der Waals surface area contributed by atoms with Crippen LogP contribution in [0.1, 0.15) is 85.0 Å². The molecule has 0 spiro atoms. The normalized spacial score (nSPS) is 10.1. The summed E-state index contributed by atoms with van der Waals surface area (Å²) in [5.41, 5.74) is 0. The average Bonchev–Trinajstić information content (AvgIpc) is 2.68. The van der Waals surface area contributed by atoms with Crippen molar-refractivity contribution in [2.75, 3.05) is 19.8 Å². The molecule has 174 valence electrons. The maximum Gasteiger partial charge on any atom is 0.296 e. The Morgan fingerprint density at radius 3 is 1.52 bits per heavy atom. The summed E-state index contributed by atoms with van der Waals surface area (Å²) in [6, 6.07) is 8.33. The lowest BCUT2D eigenvalue weighted by molar-refractivity contribution is 0.306. The molecule has 0 atom stereocenters.